The van der Waals surface area contributed by atoms with E-state index in [-0.39, 0.29) is 40.4 Å². The summed E-state index contributed by atoms with van der Waals surface area (Å²) >= 11 is 0. The zero-order valence-corrected chi connectivity index (χ0v) is 12.8. The van der Waals surface area contributed by atoms with Crippen molar-refractivity contribution >= 4 is 16.0 Å². The molecule has 1 rings (SSSR count). The smallest absolute Gasteiger partial charge is 0.744 e. The molecule has 1 N–H and O–H groups in total. The number of carbonyl (C=O) groups excluding carboxylic acids is 1. The summed E-state index contributed by atoms with van der Waals surface area (Å²) in [7, 11) is -4.25. The van der Waals surface area contributed by atoms with Crippen molar-refractivity contribution in [3.8, 4) is 0 Å². The Morgan fingerprint density at radius 3 is 1.94 bits per heavy atom. The molecule has 5 nitrogen and oxygen atoms in total. The maximum atomic E-state index is 10.3. The third-order valence-corrected chi connectivity index (χ3v) is 2.31. The normalized spacial score (nSPS) is 8.94. The number of benzene rings is 1. The molecule has 0 aliphatic rings. The second-order valence-electron chi connectivity index (χ2n) is 2.68. The molecule has 7 heteroatoms. The van der Waals surface area contributed by atoms with E-state index in [0.29, 0.717) is 0 Å². The third-order valence-electron chi connectivity index (χ3n) is 1.46. The van der Waals surface area contributed by atoms with E-state index in [0.717, 1.165) is 0 Å². The van der Waals surface area contributed by atoms with Gasteiger partial charge in [0.05, 0.1) is 4.90 Å². The summed E-state index contributed by atoms with van der Waals surface area (Å²) in [6.45, 7) is 6.49. The van der Waals surface area contributed by atoms with Crippen molar-refractivity contribution in [2.75, 3.05) is 0 Å². The van der Waals surface area contributed by atoms with Gasteiger partial charge in [-0.2, -0.15) is 0 Å². The molecule has 1 aromatic carbocycles. The first kappa shape index (κ1) is 19.4. The number of nitrogens with one attached hydrogen (secondary N) is 1. The zero-order valence-electron chi connectivity index (χ0n) is 10.00. The first-order chi connectivity index (χ1) is 7.91. The molecule has 0 aliphatic carbocycles. The zero-order chi connectivity index (χ0) is 13.3. The van der Waals surface area contributed by atoms with Gasteiger partial charge in [-0.15, -0.1) is 0 Å². The van der Waals surface area contributed by atoms with Crippen molar-refractivity contribution < 1.29 is 47.3 Å². The summed E-state index contributed by atoms with van der Waals surface area (Å²) in [6.07, 6.45) is 2.49. The van der Waals surface area contributed by atoms with E-state index in [2.05, 4.69) is 18.5 Å². The number of carbonyl (C=O) groups is 1. The monoisotopic (exact) mass is 277 g/mol. The van der Waals surface area contributed by atoms with Crippen LogP contribution in [0.25, 0.3) is 0 Å². The van der Waals surface area contributed by atoms with Gasteiger partial charge in [-0.05, 0) is 24.4 Å². The van der Waals surface area contributed by atoms with Gasteiger partial charge in [0.1, 0.15) is 10.1 Å². The molecule has 0 bridgehead atoms. The van der Waals surface area contributed by atoms with E-state index < -0.39 is 10.1 Å². The summed E-state index contributed by atoms with van der Waals surface area (Å²) in [5.41, 5.74) is 0. The molecule has 92 valence electrons. The molecular formula is C11H12NNaO4S. The van der Waals surface area contributed by atoms with E-state index >= 15 is 0 Å². The minimum absolute atomic E-state index is 0. The van der Waals surface area contributed by atoms with E-state index in [1.54, 1.807) is 6.07 Å². The van der Waals surface area contributed by atoms with Gasteiger partial charge in [0.2, 0.25) is 5.91 Å². The molecule has 0 unspecified atom stereocenters. The predicted octanol–water partition coefficient (Wildman–Crippen LogP) is -1.97. The first-order valence-electron chi connectivity index (χ1n) is 4.46. The minimum atomic E-state index is -4.25. The molecule has 0 heterocycles. The Morgan fingerprint density at radius 2 is 1.72 bits per heavy atom. The van der Waals surface area contributed by atoms with Crippen LogP contribution in [0.2, 0.25) is 0 Å². The van der Waals surface area contributed by atoms with Crippen LogP contribution in [0.4, 0.5) is 0 Å². The summed E-state index contributed by atoms with van der Waals surface area (Å²) in [6, 6.07) is 7.19. The molecule has 1 amide bonds. The first-order valence-corrected chi connectivity index (χ1v) is 5.87. The average molecular weight is 277 g/mol. The Morgan fingerprint density at radius 1 is 1.22 bits per heavy atom. The summed E-state index contributed by atoms with van der Waals surface area (Å²) < 4.78 is 30.8. The molecule has 0 radical (unpaired) electrons. The molecule has 0 aliphatic heterocycles. The van der Waals surface area contributed by atoms with E-state index in [1.807, 2.05) is 0 Å². The summed E-state index contributed by atoms with van der Waals surface area (Å²) in [4.78, 5) is 9.93. The van der Waals surface area contributed by atoms with Gasteiger partial charge in [-0.3, -0.25) is 4.79 Å². The SMILES string of the molecule is C=CNC(=O)C=C.O=S(=O)([O-])c1ccccc1.[Na+]. The largest absolute Gasteiger partial charge is 1.00 e. The van der Waals surface area contributed by atoms with Gasteiger partial charge in [0, 0.05) is 0 Å². The van der Waals surface area contributed by atoms with E-state index in [9.17, 15) is 17.8 Å². The van der Waals surface area contributed by atoms with Crippen molar-refractivity contribution in [3.05, 3.63) is 55.8 Å². The molecule has 1 aromatic rings. The van der Waals surface area contributed by atoms with Gasteiger partial charge in [-0.25, -0.2) is 8.42 Å². The van der Waals surface area contributed by atoms with Crippen LogP contribution in [0.1, 0.15) is 0 Å². The number of hydrogen-bond acceptors (Lipinski definition) is 4. The standard InChI is InChI=1S/C6H6O3S.C5H7NO.Na/c7-10(8,9)6-4-2-1-3-5-6;1-3-5(7)6-4-2;/h1-5H,(H,7,8,9);3-4H,1-2H2,(H,6,7);/q;;+1/p-1. The van der Waals surface area contributed by atoms with Crippen molar-refractivity contribution in [3.63, 3.8) is 0 Å². The maximum absolute atomic E-state index is 10.3. The third kappa shape index (κ3) is 9.15. The van der Waals surface area contributed by atoms with Crippen LogP contribution in [-0.2, 0) is 14.9 Å². The van der Waals surface area contributed by atoms with Gasteiger partial charge >= 0.3 is 29.6 Å². The fourth-order valence-electron chi connectivity index (χ4n) is 0.747. The van der Waals surface area contributed by atoms with Gasteiger partial charge in [0.25, 0.3) is 0 Å². The molecular weight excluding hydrogens is 265 g/mol. The Hall–Kier alpha value is -0.920. The quantitative estimate of drug-likeness (QED) is 0.394. The Labute approximate surface area is 129 Å². The van der Waals surface area contributed by atoms with Crippen molar-refractivity contribution in [1.29, 1.82) is 0 Å². The molecule has 18 heavy (non-hydrogen) atoms. The van der Waals surface area contributed by atoms with Crippen LogP contribution in [0.3, 0.4) is 0 Å². The van der Waals surface area contributed by atoms with Crippen LogP contribution in [0.15, 0.2) is 60.7 Å². The Balaban J connectivity index is 0. The molecule has 0 saturated carbocycles. The average Bonchev–Trinajstić information content (AvgIpc) is 2.30. The van der Waals surface area contributed by atoms with Crippen LogP contribution in [-0.4, -0.2) is 18.9 Å². The number of hydrogen-bond donors (Lipinski definition) is 1. The second-order valence-corrected chi connectivity index (χ2v) is 4.06. The van der Waals surface area contributed by atoms with Gasteiger partial charge in [-0.1, -0.05) is 31.4 Å². The molecule has 0 aromatic heterocycles. The van der Waals surface area contributed by atoms with E-state index in [1.165, 1.54) is 36.5 Å². The van der Waals surface area contributed by atoms with Crippen LogP contribution in [0, 0.1) is 0 Å². The predicted molar refractivity (Wildman–Crippen MR) is 62.9 cm³/mol. The molecule has 0 saturated heterocycles. The van der Waals surface area contributed by atoms with Gasteiger partial charge in [0.15, 0.2) is 0 Å². The molecule has 0 atom stereocenters. The fourth-order valence-corrected chi connectivity index (χ4v) is 1.24. The number of amides is 1. The van der Waals surface area contributed by atoms with E-state index in [4.69, 9.17) is 0 Å². The van der Waals surface area contributed by atoms with Gasteiger partial charge < -0.3 is 9.87 Å². The van der Waals surface area contributed by atoms with Crippen LogP contribution >= 0.6 is 0 Å². The summed E-state index contributed by atoms with van der Waals surface area (Å²) in [5, 5.41) is 2.30. The fraction of sp³-hybridized carbons (Fsp3) is 0. The Bertz CT molecular complexity index is 485. The topological polar surface area (TPSA) is 86.3 Å². The van der Waals surface area contributed by atoms with Crippen LogP contribution in [0.5, 0.6) is 0 Å². The summed E-state index contributed by atoms with van der Waals surface area (Å²) in [5.74, 6) is -0.227. The number of rotatable bonds is 3. The second kappa shape index (κ2) is 10.0. The minimum Gasteiger partial charge on any atom is -0.744 e. The van der Waals surface area contributed by atoms with Crippen molar-refractivity contribution in [2.24, 2.45) is 0 Å². The van der Waals surface area contributed by atoms with Crippen molar-refractivity contribution in [2.45, 2.75) is 4.90 Å². The van der Waals surface area contributed by atoms with Crippen LogP contribution < -0.4 is 34.9 Å². The Kier molecular flexibility index (Phi) is 10.8. The molecule has 0 fully saturated rings. The maximum Gasteiger partial charge on any atom is 1.00 e. The molecule has 0 spiro atoms. The van der Waals surface area contributed by atoms with Crippen molar-refractivity contribution in [1.82, 2.24) is 5.32 Å².